The van der Waals surface area contributed by atoms with Crippen LogP contribution < -0.4 is 10.1 Å². The van der Waals surface area contributed by atoms with Crippen LogP contribution in [-0.2, 0) is 11.5 Å². The van der Waals surface area contributed by atoms with Gasteiger partial charge in [-0.15, -0.1) is 0 Å². The first kappa shape index (κ1) is 24.9. The number of benzene rings is 1. The van der Waals surface area contributed by atoms with Gasteiger partial charge in [0.15, 0.2) is 5.82 Å². The van der Waals surface area contributed by atoms with Crippen molar-refractivity contribution < 1.29 is 19.1 Å². The number of phenols is 1. The summed E-state index contributed by atoms with van der Waals surface area (Å²) in [6.45, 7) is 15.9. The summed E-state index contributed by atoms with van der Waals surface area (Å²) < 4.78 is 14.2. The number of nitrogens with one attached hydrogen (secondary N) is 1. The molecule has 2 N–H and O–H groups in total. The number of hydrogen-bond acceptors (Lipinski definition) is 5. The molecule has 0 saturated carbocycles. The van der Waals surface area contributed by atoms with Crippen LogP contribution in [0.3, 0.4) is 0 Å². The van der Waals surface area contributed by atoms with E-state index in [0.717, 1.165) is 0 Å². The Kier molecular flexibility index (Phi) is 8.31. The van der Waals surface area contributed by atoms with Crippen LogP contribution >= 0.6 is 0 Å². The minimum absolute atomic E-state index is 0.0351. The van der Waals surface area contributed by atoms with Gasteiger partial charge in [-0.3, -0.25) is 9.48 Å². The first-order chi connectivity index (χ1) is 14.5. The Balaban J connectivity index is 2.09. The van der Waals surface area contributed by atoms with E-state index in [4.69, 9.17) is 9.16 Å². The molecule has 172 valence electrons. The number of amides is 1. The molecule has 1 heterocycles. The summed E-state index contributed by atoms with van der Waals surface area (Å²) in [6.07, 6.45) is 1.51. The van der Waals surface area contributed by atoms with Crippen molar-refractivity contribution in [2.24, 2.45) is 7.05 Å². The highest BCUT2D eigenvalue weighted by atomic mass is 28.4. The molecule has 7 nitrogen and oxygen atoms in total. The number of carbonyl (C=O) groups excluding carboxylic acids is 1. The second kappa shape index (κ2) is 10.3. The molecule has 2 rings (SSSR count). The highest BCUT2D eigenvalue weighted by Crippen LogP contribution is 2.42. The van der Waals surface area contributed by atoms with Gasteiger partial charge in [0.2, 0.25) is 8.32 Å². The van der Waals surface area contributed by atoms with E-state index in [1.807, 2.05) is 6.92 Å². The van der Waals surface area contributed by atoms with Crippen LogP contribution in [0.2, 0.25) is 16.6 Å². The predicted octanol–water partition coefficient (Wildman–Crippen LogP) is 5.34. The number of aromatic hydroxyl groups is 1. The number of aryl methyl sites for hydroxylation is 1. The van der Waals surface area contributed by atoms with Gasteiger partial charge in [-0.1, -0.05) is 41.5 Å². The molecule has 0 aliphatic carbocycles. The maximum atomic E-state index is 12.5. The van der Waals surface area contributed by atoms with Gasteiger partial charge in [-0.05, 0) is 35.7 Å². The van der Waals surface area contributed by atoms with Gasteiger partial charge in [0.05, 0.1) is 6.61 Å². The molecule has 0 aliphatic rings. The minimum Gasteiger partial charge on any atom is -0.508 e. The normalized spacial score (nSPS) is 13.1. The second-order valence-corrected chi connectivity index (χ2v) is 14.6. The predicted molar refractivity (Wildman–Crippen MR) is 126 cm³/mol. The monoisotopic (exact) mass is 447 g/mol. The molecule has 1 aromatic heterocycles. The smallest absolute Gasteiger partial charge is 0.257 e. The molecule has 0 fully saturated rings. The molecule has 31 heavy (non-hydrogen) atoms. The van der Waals surface area contributed by atoms with Gasteiger partial charge in [-0.2, -0.15) is 5.10 Å². The third kappa shape index (κ3) is 6.10. The first-order valence-electron chi connectivity index (χ1n) is 10.9. The van der Waals surface area contributed by atoms with Crippen LogP contribution in [0.5, 0.6) is 11.5 Å². The maximum Gasteiger partial charge on any atom is 0.257 e. The molecule has 2 aromatic rings. The fourth-order valence-electron chi connectivity index (χ4n) is 4.48. The number of phenolic OH excluding ortho intramolecular Hbond substituents is 1. The van der Waals surface area contributed by atoms with Crippen molar-refractivity contribution in [2.45, 2.75) is 71.2 Å². The van der Waals surface area contributed by atoms with Crippen LogP contribution in [0.4, 0.5) is 5.82 Å². The van der Waals surface area contributed by atoms with Crippen LogP contribution in [-0.4, -0.2) is 41.8 Å². The topological polar surface area (TPSA) is 85.6 Å². The summed E-state index contributed by atoms with van der Waals surface area (Å²) in [5.74, 6) is 0.465. The lowest BCUT2D eigenvalue weighted by Crippen LogP contribution is -2.49. The van der Waals surface area contributed by atoms with Gasteiger partial charge in [-0.25, -0.2) is 0 Å². The van der Waals surface area contributed by atoms with Crippen molar-refractivity contribution in [1.82, 2.24) is 9.78 Å². The van der Waals surface area contributed by atoms with Gasteiger partial charge >= 0.3 is 0 Å². The largest absolute Gasteiger partial charge is 0.508 e. The fraction of sp³-hybridized carbons (Fsp3) is 0.565. The Morgan fingerprint density at radius 3 is 2.23 bits per heavy atom. The molecule has 1 aromatic carbocycles. The summed E-state index contributed by atoms with van der Waals surface area (Å²) in [6, 6.07) is 6.23. The van der Waals surface area contributed by atoms with Crippen molar-refractivity contribution >= 4 is 20.0 Å². The number of nitrogens with zero attached hydrogens (tertiary/aromatic N) is 2. The van der Waals surface area contributed by atoms with E-state index in [9.17, 15) is 9.90 Å². The Bertz CT molecular complexity index is 858. The molecule has 0 saturated heterocycles. The first-order valence-corrected chi connectivity index (χ1v) is 13.0. The zero-order valence-corrected chi connectivity index (χ0v) is 21.0. The lowest BCUT2D eigenvalue weighted by molar-refractivity contribution is 0.102. The summed E-state index contributed by atoms with van der Waals surface area (Å²) in [7, 11) is -0.218. The van der Waals surface area contributed by atoms with Crippen molar-refractivity contribution in [3.63, 3.8) is 0 Å². The number of rotatable bonds is 10. The molecule has 8 heteroatoms. The number of anilines is 1. The quantitative estimate of drug-likeness (QED) is 0.480. The molecule has 0 bridgehead atoms. The zero-order chi connectivity index (χ0) is 23.3. The molecule has 0 radical (unpaired) electrons. The van der Waals surface area contributed by atoms with Gasteiger partial charge in [0.1, 0.15) is 17.6 Å². The van der Waals surface area contributed by atoms with E-state index in [1.54, 1.807) is 30.1 Å². The zero-order valence-electron chi connectivity index (χ0n) is 20.0. The van der Waals surface area contributed by atoms with E-state index >= 15 is 0 Å². The highest BCUT2D eigenvalue weighted by molar-refractivity contribution is 6.77. The Hall–Kier alpha value is -2.32. The molecule has 0 aliphatic heterocycles. The summed E-state index contributed by atoms with van der Waals surface area (Å²) >= 11 is 0. The maximum absolute atomic E-state index is 12.5. The van der Waals surface area contributed by atoms with E-state index < -0.39 is 8.32 Å². The summed E-state index contributed by atoms with van der Waals surface area (Å²) in [4.78, 5) is 12.5. The molecule has 1 amide bonds. The molecule has 1 atom stereocenters. The molecule has 1 unspecified atom stereocenters. The van der Waals surface area contributed by atoms with Crippen LogP contribution in [0.1, 0.15) is 58.8 Å². The van der Waals surface area contributed by atoms with Crippen LogP contribution in [0.25, 0.3) is 0 Å². The van der Waals surface area contributed by atoms with Crippen molar-refractivity contribution in [3.8, 4) is 11.5 Å². The van der Waals surface area contributed by atoms with Crippen LogP contribution in [0, 0.1) is 0 Å². The van der Waals surface area contributed by atoms with Crippen molar-refractivity contribution in [3.05, 3.63) is 36.0 Å². The lowest BCUT2D eigenvalue weighted by atomic mass is 10.2. The van der Waals surface area contributed by atoms with Gasteiger partial charge in [0, 0.05) is 30.9 Å². The average Bonchev–Trinajstić information content (AvgIpc) is 3.05. The summed E-state index contributed by atoms with van der Waals surface area (Å²) in [5.41, 5.74) is 1.76. The lowest BCUT2D eigenvalue weighted by Gasteiger charge is -2.42. The number of hydrogen-bond donors (Lipinski definition) is 2. The number of ether oxygens (including phenoxy) is 1. The summed E-state index contributed by atoms with van der Waals surface area (Å²) in [5, 5.41) is 16.9. The Morgan fingerprint density at radius 2 is 1.71 bits per heavy atom. The minimum atomic E-state index is -1.99. The highest BCUT2D eigenvalue weighted by Gasteiger charge is 2.45. The SMILES string of the molecule is CC(CO[Si](C(C)C)(C(C)C)C(C)C)Oc1cc(O)cc(C(=O)Nc2ccn(C)n2)c1. The average molecular weight is 448 g/mol. The van der Waals surface area contributed by atoms with E-state index in [1.165, 1.54) is 12.1 Å². The van der Waals surface area contributed by atoms with E-state index in [0.29, 0.717) is 40.4 Å². The van der Waals surface area contributed by atoms with Crippen molar-refractivity contribution in [2.75, 3.05) is 11.9 Å². The Labute approximate surface area is 186 Å². The van der Waals surface area contributed by atoms with Gasteiger partial charge < -0.3 is 19.6 Å². The van der Waals surface area contributed by atoms with Gasteiger partial charge in [0.25, 0.3) is 5.91 Å². The number of carbonyl (C=O) groups is 1. The molecular weight excluding hydrogens is 410 g/mol. The number of aromatic nitrogens is 2. The second-order valence-electron chi connectivity index (χ2n) is 9.10. The molecular formula is C23H37N3O4Si. The van der Waals surface area contributed by atoms with E-state index in [2.05, 4.69) is 52.0 Å². The van der Waals surface area contributed by atoms with Crippen LogP contribution in [0.15, 0.2) is 30.5 Å². The third-order valence-electron chi connectivity index (χ3n) is 5.72. The Morgan fingerprint density at radius 1 is 1.10 bits per heavy atom. The van der Waals surface area contributed by atoms with E-state index in [-0.39, 0.29) is 17.8 Å². The third-order valence-corrected chi connectivity index (χ3v) is 11.8. The van der Waals surface area contributed by atoms with Crippen molar-refractivity contribution in [1.29, 1.82) is 0 Å². The molecule has 0 spiro atoms. The fourth-order valence-corrected chi connectivity index (χ4v) is 10.0. The standard InChI is InChI=1S/C23H37N3O4Si/c1-15(2)31(16(3)4,17(5)6)29-14-18(7)30-21-12-19(11-20(27)13-21)23(28)24-22-9-10-26(8)25-22/h9-13,15-18,27H,14H2,1-8H3,(H,24,25,28).